The van der Waals surface area contributed by atoms with E-state index in [2.05, 4.69) is 0 Å². The van der Waals surface area contributed by atoms with Gasteiger partial charge in [0.15, 0.2) is 0 Å². The highest BCUT2D eigenvalue weighted by Crippen LogP contribution is 2.03. The van der Waals surface area contributed by atoms with Gasteiger partial charge in [-0.1, -0.05) is 6.92 Å². The van der Waals surface area contributed by atoms with Crippen LogP contribution in [0.4, 0.5) is 0 Å². The first-order valence-corrected chi connectivity index (χ1v) is 5.65. The predicted molar refractivity (Wildman–Crippen MR) is 61.7 cm³/mol. The Kier molecular flexibility index (Phi) is 6.72. The molecule has 1 atom stereocenters. The molecular weight excluding hydrogens is 208 g/mol. The highest BCUT2D eigenvalue weighted by Gasteiger charge is 2.24. The van der Waals surface area contributed by atoms with E-state index in [1.807, 2.05) is 20.8 Å². The van der Waals surface area contributed by atoms with Crippen molar-refractivity contribution >= 4 is 11.9 Å². The smallest absolute Gasteiger partial charge is 0.325 e. The summed E-state index contributed by atoms with van der Waals surface area (Å²) in [6, 6.07) is -0.605. The minimum atomic E-state index is -0.545. The molecule has 0 aromatic rings. The highest BCUT2D eigenvalue weighted by molar-refractivity contribution is 5.85. The van der Waals surface area contributed by atoms with Crippen molar-refractivity contribution in [2.45, 2.75) is 46.2 Å². The molecule has 0 saturated heterocycles. The average Bonchev–Trinajstić information content (AvgIpc) is 2.23. The number of carbonyl (C=O) groups excluding carboxylic acids is 2. The Bertz CT molecular complexity index is 241. The van der Waals surface area contributed by atoms with Gasteiger partial charge in [0.2, 0.25) is 5.91 Å². The molecule has 0 aliphatic rings. The number of nitrogens with two attached hydrogens (primary N) is 1. The molecule has 2 N–H and O–H groups in total. The lowest BCUT2D eigenvalue weighted by atomic mass is 10.2. The quantitative estimate of drug-likeness (QED) is 0.675. The van der Waals surface area contributed by atoms with Crippen LogP contribution in [0.5, 0.6) is 0 Å². The largest absolute Gasteiger partial charge is 0.465 e. The molecule has 0 bridgehead atoms. The van der Waals surface area contributed by atoms with Crippen LogP contribution in [0.15, 0.2) is 0 Å². The zero-order valence-electron chi connectivity index (χ0n) is 10.5. The van der Waals surface area contributed by atoms with Crippen LogP contribution >= 0.6 is 0 Å². The number of carbonyl (C=O) groups is 2. The Morgan fingerprint density at radius 2 is 1.88 bits per heavy atom. The zero-order valence-corrected chi connectivity index (χ0v) is 10.5. The topological polar surface area (TPSA) is 72.6 Å². The summed E-state index contributed by atoms with van der Waals surface area (Å²) in [5.74, 6) is -0.599. The summed E-state index contributed by atoms with van der Waals surface area (Å²) in [4.78, 5) is 24.6. The van der Waals surface area contributed by atoms with Gasteiger partial charge in [-0.05, 0) is 27.2 Å². The fourth-order valence-corrected chi connectivity index (χ4v) is 1.25. The number of hydrogen-bond acceptors (Lipinski definition) is 4. The van der Waals surface area contributed by atoms with Gasteiger partial charge in [0.25, 0.3) is 0 Å². The Labute approximate surface area is 96.9 Å². The van der Waals surface area contributed by atoms with Crippen molar-refractivity contribution in [2.24, 2.45) is 5.73 Å². The molecule has 0 fully saturated rings. The van der Waals surface area contributed by atoms with E-state index in [4.69, 9.17) is 10.5 Å². The lowest BCUT2D eigenvalue weighted by Crippen LogP contribution is -2.49. The second kappa shape index (κ2) is 7.22. The Hall–Kier alpha value is -1.10. The molecule has 0 unspecified atom stereocenters. The third kappa shape index (κ3) is 4.61. The van der Waals surface area contributed by atoms with E-state index >= 15 is 0 Å². The first-order chi connectivity index (χ1) is 7.43. The maximum Gasteiger partial charge on any atom is 0.325 e. The number of esters is 1. The second-order valence-corrected chi connectivity index (χ2v) is 3.88. The lowest BCUT2D eigenvalue weighted by molar-refractivity contribution is -0.150. The number of nitrogens with zero attached hydrogens (tertiary/aromatic N) is 1. The molecule has 0 heterocycles. The van der Waals surface area contributed by atoms with Crippen LogP contribution in [0.2, 0.25) is 0 Å². The summed E-state index contributed by atoms with van der Waals surface area (Å²) < 4.78 is 4.81. The first kappa shape index (κ1) is 14.9. The maximum absolute atomic E-state index is 11.8. The van der Waals surface area contributed by atoms with Gasteiger partial charge in [0.05, 0.1) is 12.6 Å². The summed E-state index contributed by atoms with van der Waals surface area (Å²) in [6.45, 7) is 7.55. The molecule has 5 heteroatoms. The van der Waals surface area contributed by atoms with Crippen LogP contribution in [0.25, 0.3) is 0 Å². The molecule has 1 amide bonds. The molecule has 0 aromatic carbocycles. The molecule has 16 heavy (non-hydrogen) atoms. The van der Waals surface area contributed by atoms with Crippen LogP contribution in [0, 0.1) is 0 Å². The van der Waals surface area contributed by atoms with Gasteiger partial charge in [0.1, 0.15) is 6.54 Å². The van der Waals surface area contributed by atoms with Gasteiger partial charge in [0, 0.05) is 6.04 Å². The highest BCUT2D eigenvalue weighted by atomic mass is 16.5. The van der Waals surface area contributed by atoms with Gasteiger partial charge < -0.3 is 15.4 Å². The van der Waals surface area contributed by atoms with Crippen molar-refractivity contribution in [1.82, 2.24) is 4.90 Å². The van der Waals surface area contributed by atoms with E-state index < -0.39 is 12.0 Å². The van der Waals surface area contributed by atoms with Crippen LogP contribution in [0.3, 0.4) is 0 Å². The first-order valence-electron chi connectivity index (χ1n) is 5.65. The normalized spacial score (nSPS) is 12.4. The van der Waals surface area contributed by atoms with Crippen LogP contribution in [-0.2, 0) is 14.3 Å². The molecule has 0 rings (SSSR count). The minimum absolute atomic E-state index is 0.0297. The summed E-state index contributed by atoms with van der Waals surface area (Å²) in [7, 11) is 0. The number of amides is 1. The van der Waals surface area contributed by atoms with Gasteiger partial charge in [-0.25, -0.2) is 0 Å². The van der Waals surface area contributed by atoms with Gasteiger partial charge >= 0.3 is 5.97 Å². The predicted octanol–water partition coefficient (Wildman–Crippen LogP) is 0.524. The van der Waals surface area contributed by atoms with Crippen molar-refractivity contribution in [3.05, 3.63) is 0 Å². The standard InChI is InChI=1S/C11H22N2O3/c1-5-9(12)11(15)13(8(3)4)7-10(14)16-6-2/h8-9H,5-7,12H2,1-4H3/t9-/m0/s1. The molecule has 0 aliphatic heterocycles. The fraction of sp³-hybridized carbons (Fsp3) is 0.818. The summed E-state index contributed by atoms with van der Waals surface area (Å²) in [5, 5.41) is 0. The number of ether oxygens (including phenoxy) is 1. The summed E-state index contributed by atoms with van der Waals surface area (Å²) in [6.07, 6.45) is 0.560. The molecule has 94 valence electrons. The van der Waals surface area contributed by atoms with E-state index in [0.29, 0.717) is 13.0 Å². The van der Waals surface area contributed by atoms with Crippen molar-refractivity contribution in [3.8, 4) is 0 Å². The van der Waals surface area contributed by atoms with E-state index in [1.165, 1.54) is 4.90 Å². The van der Waals surface area contributed by atoms with Gasteiger partial charge in [-0.3, -0.25) is 9.59 Å². The van der Waals surface area contributed by atoms with Crippen LogP contribution in [0.1, 0.15) is 34.1 Å². The van der Waals surface area contributed by atoms with Gasteiger partial charge in [-0.2, -0.15) is 0 Å². The van der Waals surface area contributed by atoms with Crippen molar-refractivity contribution in [1.29, 1.82) is 0 Å². The number of hydrogen-bond donors (Lipinski definition) is 1. The summed E-state index contributed by atoms with van der Waals surface area (Å²) in [5.41, 5.74) is 5.66. The SMILES string of the molecule is CCOC(=O)CN(C(=O)[C@@H](N)CC)C(C)C. The van der Waals surface area contributed by atoms with Crippen molar-refractivity contribution in [2.75, 3.05) is 13.2 Å². The van der Waals surface area contributed by atoms with Crippen LogP contribution in [-0.4, -0.2) is 42.0 Å². The minimum Gasteiger partial charge on any atom is -0.465 e. The molecule has 0 saturated carbocycles. The third-order valence-electron chi connectivity index (χ3n) is 2.27. The van der Waals surface area contributed by atoms with Crippen molar-refractivity contribution in [3.63, 3.8) is 0 Å². The van der Waals surface area contributed by atoms with E-state index in [1.54, 1.807) is 6.92 Å². The molecule has 0 radical (unpaired) electrons. The number of rotatable bonds is 6. The molecule has 0 aliphatic carbocycles. The third-order valence-corrected chi connectivity index (χ3v) is 2.27. The Morgan fingerprint density at radius 1 is 1.31 bits per heavy atom. The zero-order chi connectivity index (χ0) is 12.7. The van der Waals surface area contributed by atoms with Gasteiger partial charge in [-0.15, -0.1) is 0 Å². The average molecular weight is 230 g/mol. The molecule has 0 spiro atoms. The molecule has 5 nitrogen and oxygen atoms in total. The second-order valence-electron chi connectivity index (χ2n) is 3.88. The Balaban J connectivity index is 4.50. The fourth-order valence-electron chi connectivity index (χ4n) is 1.25. The molecular formula is C11H22N2O3. The van der Waals surface area contributed by atoms with E-state index in [9.17, 15) is 9.59 Å². The summed E-state index contributed by atoms with van der Waals surface area (Å²) >= 11 is 0. The maximum atomic E-state index is 11.8. The van der Waals surface area contributed by atoms with E-state index in [0.717, 1.165) is 0 Å². The van der Waals surface area contributed by atoms with Crippen molar-refractivity contribution < 1.29 is 14.3 Å². The molecule has 0 aromatic heterocycles. The lowest BCUT2D eigenvalue weighted by Gasteiger charge is -2.28. The Morgan fingerprint density at radius 3 is 2.25 bits per heavy atom. The van der Waals surface area contributed by atoms with Crippen LogP contribution < -0.4 is 5.73 Å². The van der Waals surface area contributed by atoms with E-state index in [-0.39, 0.29) is 18.5 Å². The monoisotopic (exact) mass is 230 g/mol.